The lowest BCUT2D eigenvalue weighted by Gasteiger charge is -2.10. The molecule has 0 unspecified atom stereocenters. The summed E-state index contributed by atoms with van der Waals surface area (Å²) in [5, 5.41) is 4.13. The molecular formula is C16H12BrN3O. The van der Waals surface area contributed by atoms with Gasteiger partial charge in [0.25, 0.3) is 0 Å². The van der Waals surface area contributed by atoms with Crippen molar-refractivity contribution in [2.45, 2.75) is 0 Å². The molecule has 0 saturated carbocycles. The fourth-order valence-corrected chi connectivity index (χ4v) is 2.04. The zero-order chi connectivity index (χ0) is 14.5. The second-order valence-electron chi connectivity index (χ2n) is 4.29. The van der Waals surface area contributed by atoms with Crippen LogP contribution in [0.25, 0.3) is 12.0 Å². The number of nitrogens with zero attached hydrogens (tertiary/aromatic N) is 3. The maximum atomic E-state index is 5.92. The summed E-state index contributed by atoms with van der Waals surface area (Å²) in [4.78, 5) is 3.96. The minimum absolute atomic E-state index is 0.584. The predicted octanol–water partition coefficient (Wildman–Crippen LogP) is 4.08. The van der Waals surface area contributed by atoms with E-state index in [1.807, 2.05) is 60.7 Å². The van der Waals surface area contributed by atoms with Crippen LogP contribution in [0, 0.1) is 0 Å². The van der Waals surface area contributed by atoms with E-state index in [-0.39, 0.29) is 0 Å². The van der Waals surface area contributed by atoms with Crippen LogP contribution in [0.15, 0.2) is 71.7 Å². The molecule has 0 saturated heterocycles. The Morgan fingerprint density at radius 2 is 1.81 bits per heavy atom. The van der Waals surface area contributed by atoms with E-state index in [1.165, 1.54) is 6.33 Å². The Morgan fingerprint density at radius 1 is 1.05 bits per heavy atom. The Labute approximate surface area is 130 Å². The molecule has 0 aliphatic heterocycles. The molecule has 3 rings (SSSR count). The van der Waals surface area contributed by atoms with Crippen molar-refractivity contribution in [1.29, 1.82) is 0 Å². The van der Waals surface area contributed by atoms with Gasteiger partial charge < -0.3 is 4.74 Å². The van der Waals surface area contributed by atoms with E-state index in [1.54, 1.807) is 11.0 Å². The van der Waals surface area contributed by atoms with E-state index >= 15 is 0 Å². The highest BCUT2D eigenvalue weighted by Crippen LogP contribution is 2.21. The molecule has 0 amide bonds. The van der Waals surface area contributed by atoms with Crippen molar-refractivity contribution in [2.75, 3.05) is 0 Å². The normalized spacial score (nSPS) is 11.4. The molecule has 3 aromatic rings. The highest BCUT2D eigenvalue weighted by Gasteiger charge is 2.05. The van der Waals surface area contributed by atoms with Crippen LogP contribution in [-0.2, 0) is 0 Å². The Balaban J connectivity index is 1.93. The SMILES string of the molecule is Brc1ccc(O/C(=C/c2ccccc2)n2cncn2)cc1. The monoisotopic (exact) mass is 341 g/mol. The largest absolute Gasteiger partial charge is 0.439 e. The summed E-state index contributed by atoms with van der Waals surface area (Å²) < 4.78 is 8.51. The van der Waals surface area contributed by atoms with E-state index in [9.17, 15) is 0 Å². The van der Waals surface area contributed by atoms with Crippen LogP contribution in [0.1, 0.15) is 5.56 Å². The van der Waals surface area contributed by atoms with Crippen LogP contribution in [0.3, 0.4) is 0 Å². The van der Waals surface area contributed by atoms with Gasteiger partial charge in [-0.3, -0.25) is 0 Å². The molecule has 0 atom stereocenters. The molecule has 0 radical (unpaired) electrons. The Morgan fingerprint density at radius 3 is 2.48 bits per heavy atom. The number of aromatic nitrogens is 3. The zero-order valence-electron chi connectivity index (χ0n) is 11.1. The molecule has 0 bridgehead atoms. The molecule has 0 N–H and O–H groups in total. The lowest BCUT2D eigenvalue weighted by atomic mass is 10.2. The van der Waals surface area contributed by atoms with Crippen LogP contribution >= 0.6 is 15.9 Å². The minimum atomic E-state index is 0.584. The summed E-state index contributed by atoms with van der Waals surface area (Å²) in [5.41, 5.74) is 1.03. The first kappa shape index (κ1) is 13.6. The molecule has 0 spiro atoms. The lowest BCUT2D eigenvalue weighted by molar-refractivity contribution is 0.469. The van der Waals surface area contributed by atoms with Crippen molar-refractivity contribution in [3.05, 3.63) is 77.3 Å². The van der Waals surface area contributed by atoms with E-state index in [4.69, 9.17) is 4.74 Å². The molecule has 0 aliphatic carbocycles. The molecule has 5 heteroatoms. The van der Waals surface area contributed by atoms with Crippen LogP contribution in [0.4, 0.5) is 0 Å². The van der Waals surface area contributed by atoms with Crippen molar-refractivity contribution in [3.63, 3.8) is 0 Å². The second kappa shape index (κ2) is 6.37. The third kappa shape index (κ3) is 3.58. The first-order chi connectivity index (χ1) is 10.3. The Hall–Kier alpha value is -2.40. The molecule has 0 fully saturated rings. The molecule has 21 heavy (non-hydrogen) atoms. The minimum Gasteiger partial charge on any atom is -0.439 e. The maximum Gasteiger partial charge on any atom is 0.222 e. The standard InChI is InChI=1S/C16H12BrN3O/c17-14-6-8-15(9-7-14)21-16(20-12-18-11-19-20)10-13-4-2-1-3-5-13/h1-12H/b16-10+. The van der Waals surface area contributed by atoms with Gasteiger partial charge in [-0.05, 0) is 29.8 Å². The van der Waals surface area contributed by atoms with Crippen molar-refractivity contribution in [3.8, 4) is 5.75 Å². The van der Waals surface area contributed by atoms with E-state index in [2.05, 4.69) is 26.0 Å². The molecule has 0 aliphatic rings. The van der Waals surface area contributed by atoms with Crippen LogP contribution in [0.2, 0.25) is 0 Å². The second-order valence-corrected chi connectivity index (χ2v) is 5.20. The highest BCUT2D eigenvalue weighted by molar-refractivity contribution is 9.10. The average molecular weight is 342 g/mol. The summed E-state index contributed by atoms with van der Waals surface area (Å²) in [5.74, 6) is 1.32. The highest BCUT2D eigenvalue weighted by atomic mass is 79.9. The van der Waals surface area contributed by atoms with Gasteiger partial charge in [0, 0.05) is 10.5 Å². The molecule has 4 nitrogen and oxygen atoms in total. The van der Waals surface area contributed by atoms with Gasteiger partial charge in [-0.1, -0.05) is 46.3 Å². The lowest BCUT2D eigenvalue weighted by Crippen LogP contribution is -2.04. The maximum absolute atomic E-state index is 5.92. The van der Waals surface area contributed by atoms with Crippen LogP contribution in [-0.4, -0.2) is 14.8 Å². The Kier molecular flexibility index (Phi) is 4.12. The zero-order valence-corrected chi connectivity index (χ0v) is 12.6. The van der Waals surface area contributed by atoms with Gasteiger partial charge in [0.05, 0.1) is 0 Å². The number of benzene rings is 2. The smallest absolute Gasteiger partial charge is 0.222 e. The number of hydrogen-bond donors (Lipinski definition) is 0. The van der Waals surface area contributed by atoms with Gasteiger partial charge in [-0.25, -0.2) is 4.98 Å². The van der Waals surface area contributed by atoms with Gasteiger partial charge in [0.2, 0.25) is 5.88 Å². The first-order valence-electron chi connectivity index (χ1n) is 6.36. The van der Waals surface area contributed by atoms with Gasteiger partial charge in [0.15, 0.2) is 0 Å². The summed E-state index contributed by atoms with van der Waals surface area (Å²) in [7, 11) is 0. The number of ether oxygens (including phenoxy) is 1. The third-order valence-electron chi connectivity index (χ3n) is 2.77. The molecule has 2 aromatic carbocycles. The van der Waals surface area contributed by atoms with Crippen LogP contribution < -0.4 is 4.74 Å². The summed E-state index contributed by atoms with van der Waals surface area (Å²) in [6.07, 6.45) is 4.99. The predicted molar refractivity (Wildman–Crippen MR) is 85.4 cm³/mol. The fourth-order valence-electron chi connectivity index (χ4n) is 1.78. The van der Waals surface area contributed by atoms with E-state index in [0.717, 1.165) is 15.8 Å². The van der Waals surface area contributed by atoms with Gasteiger partial charge in [-0.2, -0.15) is 9.78 Å². The molecule has 104 valence electrons. The quantitative estimate of drug-likeness (QED) is 0.671. The summed E-state index contributed by atoms with van der Waals surface area (Å²) in [6.45, 7) is 0. The van der Waals surface area contributed by atoms with Crippen molar-refractivity contribution in [1.82, 2.24) is 14.8 Å². The van der Waals surface area contributed by atoms with Crippen molar-refractivity contribution < 1.29 is 4.74 Å². The first-order valence-corrected chi connectivity index (χ1v) is 7.16. The number of hydrogen-bond acceptors (Lipinski definition) is 3. The van der Waals surface area contributed by atoms with Gasteiger partial charge >= 0.3 is 0 Å². The molecule has 1 aromatic heterocycles. The van der Waals surface area contributed by atoms with E-state index < -0.39 is 0 Å². The number of halogens is 1. The van der Waals surface area contributed by atoms with Crippen molar-refractivity contribution in [2.24, 2.45) is 0 Å². The summed E-state index contributed by atoms with van der Waals surface area (Å²) >= 11 is 3.41. The molecular weight excluding hydrogens is 330 g/mol. The summed E-state index contributed by atoms with van der Waals surface area (Å²) in [6, 6.07) is 17.6. The van der Waals surface area contributed by atoms with Gasteiger partial charge in [0.1, 0.15) is 18.4 Å². The third-order valence-corrected chi connectivity index (χ3v) is 3.30. The topological polar surface area (TPSA) is 39.9 Å². The Bertz CT molecular complexity index is 722. The average Bonchev–Trinajstić information content (AvgIpc) is 3.04. The molecule has 1 heterocycles. The van der Waals surface area contributed by atoms with Gasteiger partial charge in [-0.15, -0.1) is 0 Å². The number of rotatable bonds is 4. The fraction of sp³-hybridized carbons (Fsp3) is 0. The van der Waals surface area contributed by atoms with Crippen molar-refractivity contribution >= 4 is 27.9 Å². The van der Waals surface area contributed by atoms with E-state index in [0.29, 0.717) is 5.88 Å². The van der Waals surface area contributed by atoms with Crippen LogP contribution in [0.5, 0.6) is 5.75 Å².